The molecule has 0 bridgehead atoms. The molecule has 14 N–H and O–H groups in total. The fourth-order valence-electron chi connectivity index (χ4n) is 14.8. The standard InChI is InChI=1S/C55H92N8O18.C42H68N6O13.H2O/c1-44(64)61(74)32-14-6-11-28-56-46(65)19-21-52(71)63(76)34-15-7-12-29-57-47(66)18-20-51(70)62(75)33-13-5-3-4-8-17-53(72)81-45-16-9-10-26-55(2,27-24-45)54(73)59-31-37-78-39-41-80-43-42-79-40-38-77-36-30-58-48(67)25-35-60-49(68)22-23-50(60)69;1-32(49)46(58)30-15-7-13-29-44-35(51)19-18-34(50)43-27-11-6-12-28-45-36(52)20-21-37(53)47(59)31-14-5-3-4-8-17-40(56)60-33-16-9-10-25-42(2,26-24-33)41(57)61-48-38(54)22-23-39(48)55;/h9,16,22-23,45,74-76H,3-8,10-15,17-21,24-43H2,1-2H3,(H,56,65)(H,57,66)(H,58,67)(H,59,73);9,16,33,58-59H,3-8,10-15,17-31H2,1-2H3,(H,43,50)(H,44,51)(H,45,52);1H2/b2*16-9+;/t45-,55+;33-,42+;/m11./s1. The van der Waals surface area contributed by atoms with E-state index in [9.17, 15) is 117 Å². The van der Waals surface area contributed by atoms with E-state index < -0.39 is 82.2 Å². The number of allylic oxidation sites excluding steroid dienone is 2. The molecule has 4 rings (SSSR count). The van der Waals surface area contributed by atoms with Crippen molar-refractivity contribution in [3.05, 3.63) is 36.5 Å². The molecule has 0 aromatic heterocycles. The van der Waals surface area contributed by atoms with Crippen LogP contribution in [0, 0.1) is 10.8 Å². The Balaban J connectivity index is 0.000000998. The van der Waals surface area contributed by atoms with E-state index in [2.05, 4.69) is 37.2 Å². The highest BCUT2D eigenvalue weighted by molar-refractivity contribution is 6.13. The van der Waals surface area contributed by atoms with Crippen LogP contribution in [0.1, 0.15) is 304 Å². The summed E-state index contributed by atoms with van der Waals surface area (Å²) in [6.07, 6.45) is 27.8. The molecule has 812 valence electrons. The highest BCUT2D eigenvalue weighted by Crippen LogP contribution is 2.36. The largest absolute Gasteiger partial charge is 0.458 e. The van der Waals surface area contributed by atoms with Crippen LogP contribution in [-0.4, -0.2) is 329 Å². The summed E-state index contributed by atoms with van der Waals surface area (Å²) in [5.41, 5.74) is -1.59. The average Bonchev–Trinajstić information content (AvgIpc) is 1.74. The van der Waals surface area contributed by atoms with Crippen molar-refractivity contribution in [2.24, 2.45) is 10.8 Å². The predicted molar refractivity (Wildman–Crippen MR) is 513 cm³/mol. The van der Waals surface area contributed by atoms with Crippen molar-refractivity contribution < 1.29 is 156 Å². The second-order valence-electron chi connectivity index (χ2n) is 36.0. The number of imide groups is 2. The number of amides is 16. The Kier molecular flexibility index (Phi) is 69.6. The third-order valence-electron chi connectivity index (χ3n) is 23.8. The van der Waals surface area contributed by atoms with Crippen LogP contribution in [0.15, 0.2) is 36.5 Å². The van der Waals surface area contributed by atoms with Crippen molar-refractivity contribution >= 4 is 112 Å². The van der Waals surface area contributed by atoms with Crippen LogP contribution < -0.4 is 37.2 Å². The van der Waals surface area contributed by atoms with Gasteiger partial charge in [0.1, 0.15) is 12.2 Å². The predicted octanol–water partition coefficient (Wildman–Crippen LogP) is 5.66. The summed E-state index contributed by atoms with van der Waals surface area (Å²) in [7, 11) is 0. The Bertz CT molecular complexity index is 3960. The lowest BCUT2D eigenvalue weighted by Crippen LogP contribution is -2.41. The zero-order valence-electron chi connectivity index (χ0n) is 84.4. The first kappa shape index (κ1) is 128. The normalized spacial score (nSPS) is 16.9. The molecule has 4 atom stereocenters. The van der Waals surface area contributed by atoms with E-state index in [4.69, 9.17) is 33.3 Å². The minimum Gasteiger partial charge on any atom is -0.458 e. The molecule has 0 radical (unpaired) electrons. The van der Waals surface area contributed by atoms with Gasteiger partial charge in [-0.05, 0) is 173 Å². The van der Waals surface area contributed by atoms with E-state index >= 15 is 0 Å². The smallest absolute Gasteiger partial charge is 0.339 e. The molecule has 0 saturated carbocycles. The topological polar surface area (TPSA) is 628 Å². The number of nitrogens with zero attached hydrogens (tertiary/aromatic N) is 7. The van der Waals surface area contributed by atoms with Gasteiger partial charge >= 0.3 is 17.9 Å². The number of hydroxylamine groups is 12. The second-order valence-corrected chi connectivity index (χ2v) is 36.0. The Hall–Kier alpha value is -10.8. The zero-order valence-corrected chi connectivity index (χ0v) is 84.4. The first-order chi connectivity index (χ1) is 68.0. The van der Waals surface area contributed by atoms with Crippen LogP contribution in [0.5, 0.6) is 0 Å². The summed E-state index contributed by atoms with van der Waals surface area (Å²) >= 11 is 0. The van der Waals surface area contributed by atoms with Crippen molar-refractivity contribution in [1.29, 1.82) is 0 Å². The quantitative estimate of drug-likeness (QED) is 0.00872. The number of carbonyl (C=O) groups excluding carboxylic acids is 19. The monoisotopic (exact) mass is 2040 g/mol. The van der Waals surface area contributed by atoms with Gasteiger partial charge in [-0.1, -0.05) is 57.6 Å². The molecule has 2 heterocycles. The van der Waals surface area contributed by atoms with Gasteiger partial charge < -0.3 is 76.0 Å². The molecule has 143 heavy (non-hydrogen) atoms. The second kappa shape index (κ2) is 77.6. The van der Waals surface area contributed by atoms with E-state index in [1.165, 1.54) is 26.0 Å². The Morgan fingerprint density at radius 3 is 1.01 bits per heavy atom. The van der Waals surface area contributed by atoms with E-state index in [0.717, 1.165) is 56.3 Å². The summed E-state index contributed by atoms with van der Waals surface area (Å²) in [4.78, 5) is 235. The van der Waals surface area contributed by atoms with E-state index in [0.29, 0.717) is 264 Å². The molecule has 46 heteroatoms. The Labute approximate surface area is 838 Å². The Morgan fingerprint density at radius 1 is 0.350 bits per heavy atom. The van der Waals surface area contributed by atoms with E-state index in [-0.39, 0.29) is 188 Å². The van der Waals surface area contributed by atoms with Gasteiger partial charge in [-0.3, -0.25) is 117 Å². The minimum absolute atomic E-state index is 0. The maximum absolute atomic E-state index is 13.2. The van der Waals surface area contributed by atoms with Crippen molar-refractivity contribution in [2.45, 2.75) is 316 Å². The Morgan fingerprint density at radius 2 is 0.643 bits per heavy atom. The fraction of sp³-hybridized carbons (Fsp3) is 0.742. The van der Waals surface area contributed by atoms with Gasteiger partial charge in [-0.15, -0.1) is 5.06 Å². The van der Waals surface area contributed by atoms with Gasteiger partial charge in [0.15, 0.2) is 0 Å². The zero-order chi connectivity index (χ0) is 105. The summed E-state index contributed by atoms with van der Waals surface area (Å²) in [5, 5.41) is 72.0. The molecule has 0 spiro atoms. The maximum atomic E-state index is 13.2. The SMILES string of the molecule is CC(=O)N(O)CCCCCNC(=O)CCC(=O)N(O)CCCCCNC(=O)CCC(=O)N(O)CCCCCCCC(=O)O[C@@H]1/C=C/CC[C@](C)(C(=O)NCCOCCOCCOCCOCCNC(=O)CCN2C(=O)C=CC2=O)CC1.CC(=O)N(O)CCCCCNC(=O)CCC(=O)NCCCCCNC(=O)CCC(=O)N(O)CCCCCCCC(=O)O[C@@H]1/C=C/CC[C@](C)(C(=O)ON2C(=O)CCC2=O)CC1.O. The van der Waals surface area contributed by atoms with Crippen LogP contribution >= 0.6 is 0 Å². The van der Waals surface area contributed by atoms with Gasteiger partial charge in [0.2, 0.25) is 70.9 Å². The third-order valence-corrected chi connectivity index (χ3v) is 23.8. The average molecular weight is 2040 g/mol. The van der Waals surface area contributed by atoms with Crippen LogP contribution in [0.4, 0.5) is 0 Å². The maximum Gasteiger partial charge on any atom is 0.339 e. The molecular weight excluding hydrogens is 1870 g/mol. The van der Waals surface area contributed by atoms with Crippen molar-refractivity contribution in [1.82, 2.24) is 72.5 Å². The van der Waals surface area contributed by atoms with Crippen LogP contribution in [0.25, 0.3) is 0 Å². The molecule has 2 aliphatic heterocycles. The number of carbonyl (C=O) groups is 19. The van der Waals surface area contributed by atoms with E-state index in [1.54, 1.807) is 6.92 Å². The number of esters is 2. The first-order valence-corrected chi connectivity index (χ1v) is 50.5. The summed E-state index contributed by atoms with van der Waals surface area (Å²) in [6, 6.07) is 0. The molecule has 1 fully saturated rings. The summed E-state index contributed by atoms with van der Waals surface area (Å²) < 4.78 is 33.4. The summed E-state index contributed by atoms with van der Waals surface area (Å²) in [6.45, 7) is 12.4. The minimum atomic E-state index is -0.949. The number of rotatable bonds is 75. The molecule has 1 saturated heterocycles. The van der Waals surface area contributed by atoms with Gasteiger partial charge in [-0.2, -0.15) is 0 Å². The lowest BCUT2D eigenvalue weighted by Gasteiger charge is -2.31. The van der Waals surface area contributed by atoms with Gasteiger partial charge in [0.05, 0.1) is 58.3 Å². The lowest BCUT2D eigenvalue weighted by molar-refractivity contribution is -0.205. The molecule has 2 aliphatic carbocycles. The lowest BCUT2D eigenvalue weighted by atomic mass is 9.78. The number of unbranched alkanes of at least 4 members (excludes halogenated alkanes) is 16. The number of hydrogen-bond donors (Lipinski definition) is 12. The van der Waals surface area contributed by atoms with Crippen molar-refractivity contribution in [3.63, 3.8) is 0 Å². The van der Waals surface area contributed by atoms with Crippen molar-refractivity contribution in [2.75, 3.05) is 138 Å². The fourth-order valence-corrected chi connectivity index (χ4v) is 14.8. The number of nitrogens with one attached hydrogen (secondary N) is 7. The molecule has 0 aromatic rings. The highest BCUT2D eigenvalue weighted by Gasteiger charge is 2.42. The molecule has 0 aromatic carbocycles. The molecule has 46 nitrogen and oxygen atoms in total. The van der Waals surface area contributed by atoms with E-state index in [1.807, 2.05) is 31.2 Å². The van der Waals surface area contributed by atoms with Gasteiger partial charge in [0, 0.05) is 200 Å². The first-order valence-electron chi connectivity index (χ1n) is 50.5. The number of ether oxygens (including phenoxy) is 6. The molecular formula is C97H162N14O32. The van der Waals surface area contributed by atoms with Gasteiger partial charge in [-0.25, -0.2) is 30.1 Å². The third kappa shape index (κ3) is 61.8. The highest BCUT2D eigenvalue weighted by atomic mass is 16.7. The molecule has 0 unspecified atom stereocenters. The van der Waals surface area contributed by atoms with Crippen molar-refractivity contribution in [3.8, 4) is 0 Å². The number of hydrogen-bond acceptors (Lipinski definition) is 31. The van der Waals surface area contributed by atoms with Crippen LogP contribution in [0.3, 0.4) is 0 Å². The molecule has 16 amide bonds. The van der Waals surface area contributed by atoms with Crippen LogP contribution in [0.2, 0.25) is 0 Å². The molecule has 4 aliphatic rings. The van der Waals surface area contributed by atoms with Crippen LogP contribution in [-0.2, 0) is 124 Å². The summed E-state index contributed by atoms with van der Waals surface area (Å²) in [5.74, 6) is -7.50. The van der Waals surface area contributed by atoms with Gasteiger partial charge in [0.25, 0.3) is 23.6 Å².